The maximum absolute atomic E-state index is 3.78. The fourth-order valence-electron chi connectivity index (χ4n) is 2.05. The fraction of sp³-hybridized carbons (Fsp3) is 0.385. The van der Waals surface area contributed by atoms with E-state index in [1.54, 1.807) is 0 Å². The summed E-state index contributed by atoms with van der Waals surface area (Å²) >= 11 is 0. The van der Waals surface area contributed by atoms with Gasteiger partial charge in [-0.25, -0.2) is 0 Å². The standard InChI is InChI=1S/C13H18N2/c1-3-4-9-15-11(2)10-14-12-7-5-6-8-13(12)15/h3,5-8,11,14H,1,4,9-10H2,2H3. The van der Waals surface area contributed by atoms with Crippen LogP contribution in [0.4, 0.5) is 11.4 Å². The van der Waals surface area contributed by atoms with Crippen molar-refractivity contribution >= 4 is 11.4 Å². The molecule has 1 atom stereocenters. The highest BCUT2D eigenvalue weighted by molar-refractivity contribution is 5.72. The van der Waals surface area contributed by atoms with Crippen LogP contribution in [0.2, 0.25) is 0 Å². The SMILES string of the molecule is C=CCCN1c2ccccc2NCC1C. The van der Waals surface area contributed by atoms with Gasteiger partial charge in [0.05, 0.1) is 11.4 Å². The predicted molar refractivity (Wildman–Crippen MR) is 66.6 cm³/mol. The molecule has 1 heterocycles. The molecule has 1 aliphatic rings. The minimum atomic E-state index is 0.555. The average Bonchev–Trinajstić information content (AvgIpc) is 2.28. The Bertz CT molecular complexity index is 346. The van der Waals surface area contributed by atoms with Crippen LogP contribution in [0.3, 0.4) is 0 Å². The van der Waals surface area contributed by atoms with E-state index in [2.05, 4.69) is 48.0 Å². The van der Waals surface area contributed by atoms with Crippen LogP contribution in [0.15, 0.2) is 36.9 Å². The third-order valence-electron chi connectivity index (χ3n) is 2.91. The van der Waals surface area contributed by atoms with Crippen molar-refractivity contribution in [1.29, 1.82) is 0 Å². The molecule has 0 radical (unpaired) electrons. The summed E-state index contributed by atoms with van der Waals surface area (Å²) in [5, 5.41) is 3.45. The molecule has 0 bridgehead atoms. The highest BCUT2D eigenvalue weighted by Gasteiger charge is 2.20. The van der Waals surface area contributed by atoms with Gasteiger partial charge in [-0.3, -0.25) is 0 Å². The molecule has 0 fully saturated rings. The molecular weight excluding hydrogens is 184 g/mol. The highest BCUT2D eigenvalue weighted by Crippen LogP contribution is 2.30. The van der Waals surface area contributed by atoms with Crippen molar-refractivity contribution in [3.8, 4) is 0 Å². The topological polar surface area (TPSA) is 15.3 Å². The predicted octanol–water partition coefficient (Wildman–Crippen LogP) is 2.88. The Labute approximate surface area is 91.6 Å². The summed E-state index contributed by atoms with van der Waals surface area (Å²) in [6, 6.07) is 9.05. The summed E-state index contributed by atoms with van der Waals surface area (Å²) in [5.41, 5.74) is 2.57. The first-order valence-electron chi connectivity index (χ1n) is 5.53. The van der Waals surface area contributed by atoms with Gasteiger partial charge in [0.1, 0.15) is 0 Å². The molecule has 80 valence electrons. The Hall–Kier alpha value is -1.44. The largest absolute Gasteiger partial charge is 0.381 e. The smallest absolute Gasteiger partial charge is 0.0605 e. The quantitative estimate of drug-likeness (QED) is 0.758. The van der Waals surface area contributed by atoms with Gasteiger partial charge in [-0.2, -0.15) is 0 Å². The Kier molecular flexibility index (Phi) is 2.95. The van der Waals surface area contributed by atoms with E-state index in [0.29, 0.717) is 6.04 Å². The van der Waals surface area contributed by atoms with E-state index >= 15 is 0 Å². The molecule has 2 nitrogen and oxygen atoms in total. The molecule has 0 saturated carbocycles. The van der Waals surface area contributed by atoms with Gasteiger partial charge in [0, 0.05) is 19.1 Å². The highest BCUT2D eigenvalue weighted by atomic mass is 15.2. The van der Waals surface area contributed by atoms with Crippen LogP contribution in [-0.2, 0) is 0 Å². The number of benzene rings is 1. The molecule has 2 rings (SSSR count). The number of rotatable bonds is 3. The number of nitrogens with zero attached hydrogens (tertiary/aromatic N) is 1. The van der Waals surface area contributed by atoms with E-state index in [1.807, 2.05) is 6.08 Å². The zero-order valence-corrected chi connectivity index (χ0v) is 9.24. The van der Waals surface area contributed by atoms with Crippen LogP contribution in [0.5, 0.6) is 0 Å². The van der Waals surface area contributed by atoms with E-state index < -0.39 is 0 Å². The Balaban J connectivity index is 2.24. The maximum atomic E-state index is 3.78. The lowest BCUT2D eigenvalue weighted by molar-refractivity contribution is 0.644. The lowest BCUT2D eigenvalue weighted by Crippen LogP contribution is -2.42. The molecular formula is C13H18N2. The summed E-state index contributed by atoms with van der Waals surface area (Å²) in [4.78, 5) is 2.45. The first-order chi connectivity index (χ1) is 7.33. The number of para-hydroxylation sites is 2. The third kappa shape index (κ3) is 1.99. The molecule has 1 aliphatic heterocycles. The number of anilines is 2. The Morgan fingerprint density at radius 3 is 3.13 bits per heavy atom. The second-order valence-electron chi connectivity index (χ2n) is 4.02. The van der Waals surface area contributed by atoms with Crippen LogP contribution < -0.4 is 10.2 Å². The average molecular weight is 202 g/mol. The Morgan fingerprint density at radius 2 is 2.33 bits per heavy atom. The van der Waals surface area contributed by atoms with Crippen LogP contribution in [0.25, 0.3) is 0 Å². The number of hydrogen-bond donors (Lipinski definition) is 1. The zero-order valence-electron chi connectivity index (χ0n) is 9.24. The molecule has 1 aromatic carbocycles. The van der Waals surface area contributed by atoms with Crippen LogP contribution in [0.1, 0.15) is 13.3 Å². The molecule has 0 spiro atoms. The van der Waals surface area contributed by atoms with Crippen LogP contribution in [0, 0.1) is 0 Å². The molecule has 0 aromatic heterocycles. The molecule has 0 saturated heterocycles. The van der Waals surface area contributed by atoms with Gasteiger partial charge < -0.3 is 10.2 Å². The first-order valence-corrected chi connectivity index (χ1v) is 5.53. The summed E-state index contributed by atoms with van der Waals surface area (Å²) in [7, 11) is 0. The normalized spacial score (nSPS) is 19.3. The van der Waals surface area contributed by atoms with Gasteiger partial charge in [0.15, 0.2) is 0 Å². The fourth-order valence-corrected chi connectivity index (χ4v) is 2.05. The lowest BCUT2D eigenvalue weighted by atomic mass is 10.1. The molecule has 0 amide bonds. The van der Waals surface area contributed by atoms with E-state index in [9.17, 15) is 0 Å². The van der Waals surface area contributed by atoms with Gasteiger partial charge in [-0.15, -0.1) is 6.58 Å². The molecule has 15 heavy (non-hydrogen) atoms. The molecule has 1 unspecified atom stereocenters. The summed E-state index contributed by atoms with van der Waals surface area (Å²) in [5.74, 6) is 0. The second kappa shape index (κ2) is 4.39. The lowest BCUT2D eigenvalue weighted by Gasteiger charge is -2.37. The zero-order chi connectivity index (χ0) is 10.7. The van der Waals surface area contributed by atoms with E-state index in [0.717, 1.165) is 19.5 Å². The van der Waals surface area contributed by atoms with Crippen molar-refractivity contribution < 1.29 is 0 Å². The van der Waals surface area contributed by atoms with Crippen molar-refractivity contribution in [3.05, 3.63) is 36.9 Å². The number of fused-ring (bicyclic) bond motifs is 1. The van der Waals surface area contributed by atoms with Crippen LogP contribution in [-0.4, -0.2) is 19.1 Å². The molecule has 1 aromatic rings. The molecule has 2 heteroatoms. The minimum absolute atomic E-state index is 0.555. The minimum Gasteiger partial charge on any atom is -0.381 e. The Morgan fingerprint density at radius 1 is 1.53 bits per heavy atom. The summed E-state index contributed by atoms with van der Waals surface area (Å²) < 4.78 is 0. The van der Waals surface area contributed by atoms with E-state index in [1.165, 1.54) is 11.4 Å². The van der Waals surface area contributed by atoms with Gasteiger partial charge in [-0.05, 0) is 25.5 Å². The number of nitrogens with one attached hydrogen (secondary N) is 1. The van der Waals surface area contributed by atoms with Crippen LogP contribution >= 0.6 is 0 Å². The van der Waals surface area contributed by atoms with Gasteiger partial charge in [-0.1, -0.05) is 18.2 Å². The van der Waals surface area contributed by atoms with Crippen molar-refractivity contribution in [1.82, 2.24) is 0 Å². The third-order valence-corrected chi connectivity index (χ3v) is 2.91. The molecule has 0 aliphatic carbocycles. The van der Waals surface area contributed by atoms with E-state index in [4.69, 9.17) is 0 Å². The van der Waals surface area contributed by atoms with Crippen molar-refractivity contribution in [2.45, 2.75) is 19.4 Å². The monoisotopic (exact) mass is 202 g/mol. The van der Waals surface area contributed by atoms with Gasteiger partial charge in [0.25, 0.3) is 0 Å². The van der Waals surface area contributed by atoms with E-state index in [-0.39, 0.29) is 0 Å². The second-order valence-corrected chi connectivity index (χ2v) is 4.02. The van der Waals surface area contributed by atoms with Crippen molar-refractivity contribution in [3.63, 3.8) is 0 Å². The van der Waals surface area contributed by atoms with Crippen molar-refractivity contribution in [2.75, 3.05) is 23.3 Å². The van der Waals surface area contributed by atoms with Crippen molar-refractivity contribution in [2.24, 2.45) is 0 Å². The number of hydrogen-bond acceptors (Lipinski definition) is 2. The van der Waals surface area contributed by atoms with Gasteiger partial charge >= 0.3 is 0 Å². The summed E-state index contributed by atoms with van der Waals surface area (Å²) in [6.07, 6.45) is 3.02. The summed E-state index contributed by atoms with van der Waals surface area (Å²) in [6.45, 7) is 8.12. The maximum Gasteiger partial charge on any atom is 0.0605 e. The van der Waals surface area contributed by atoms with Gasteiger partial charge in [0.2, 0.25) is 0 Å². The first kappa shape index (κ1) is 10.1. The molecule has 1 N–H and O–H groups in total.